The molecule has 0 N–H and O–H groups in total. The average Bonchev–Trinajstić information content (AvgIpc) is 2.03. The summed E-state index contributed by atoms with van der Waals surface area (Å²) in [5.41, 5.74) is 0. The van der Waals surface area contributed by atoms with Gasteiger partial charge in [0, 0.05) is 20.0 Å². The van der Waals surface area contributed by atoms with Crippen LogP contribution in [0.15, 0.2) is 0 Å². The zero-order valence-electron chi connectivity index (χ0n) is 8.34. The largest absolute Gasteiger partial charge is 0.343 e. The topological polar surface area (TPSA) is 20.3 Å². The van der Waals surface area contributed by atoms with Gasteiger partial charge in [-0.25, -0.2) is 0 Å². The van der Waals surface area contributed by atoms with Crippen LogP contribution in [-0.4, -0.2) is 23.9 Å². The van der Waals surface area contributed by atoms with Crippen LogP contribution in [0.1, 0.15) is 39.5 Å². The van der Waals surface area contributed by atoms with Crippen LogP contribution in [0.25, 0.3) is 0 Å². The SMILES string of the molecule is CC(=O)N(C)[C@H]1CCCC(C)C1. The van der Waals surface area contributed by atoms with Crippen molar-refractivity contribution in [1.29, 1.82) is 0 Å². The van der Waals surface area contributed by atoms with Gasteiger partial charge in [0.15, 0.2) is 0 Å². The number of hydrogen-bond donors (Lipinski definition) is 0. The highest BCUT2D eigenvalue weighted by atomic mass is 16.2. The molecule has 0 aromatic carbocycles. The van der Waals surface area contributed by atoms with E-state index in [1.165, 1.54) is 25.7 Å². The van der Waals surface area contributed by atoms with Gasteiger partial charge in [-0.15, -0.1) is 0 Å². The molecule has 0 aromatic heterocycles. The molecule has 70 valence electrons. The zero-order chi connectivity index (χ0) is 9.14. The third-order valence-electron chi connectivity index (χ3n) is 2.95. The van der Waals surface area contributed by atoms with E-state index in [0.717, 1.165) is 5.92 Å². The molecule has 0 heterocycles. The van der Waals surface area contributed by atoms with Gasteiger partial charge in [0.25, 0.3) is 0 Å². The molecule has 12 heavy (non-hydrogen) atoms. The molecular weight excluding hydrogens is 150 g/mol. The zero-order valence-corrected chi connectivity index (χ0v) is 8.34. The van der Waals surface area contributed by atoms with E-state index in [0.29, 0.717) is 6.04 Å². The van der Waals surface area contributed by atoms with Crippen LogP contribution in [-0.2, 0) is 4.79 Å². The quantitative estimate of drug-likeness (QED) is 0.588. The van der Waals surface area contributed by atoms with Crippen molar-refractivity contribution < 1.29 is 4.79 Å². The lowest BCUT2D eigenvalue weighted by Gasteiger charge is -2.33. The highest BCUT2D eigenvalue weighted by Crippen LogP contribution is 2.26. The first-order chi connectivity index (χ1) is 5.61. The van der Waals surface area contributed by atoms with E-state index in [2.05, 4.69) is 6.92 Å². The normalized spacial score (nSPS) is 29.9. The van der Waals surface area contributed by atoms with E-state index < -0.39 is 0 Å². The van der Waals surface area contributed by atoms with Crippen molar-refractivity contribution >= 4 is 5.91 Å². The Balaban J connectivity index is 2.45. The second-order valence-electron chi connectivity index (χ2n) is 4.06. The number of rotatable bonds is 1. The van der Waals surface area contributed by atoms with Crippen LogP contribution in [0, 0.1) is 5.92 Å². The standard InChI is InChI=1S/C10H19NO/c1-8-5-4-6-10(7-8)11(3)9(2)12/h8,10H,4-7H2,1-3H3/t8?,10-/m0/s1. The minimum absolute atomic E-state index is 0.203. The number of hydrogen-bond acceptors (Lipinski definition) is 1. The van der Waals surface area contributed by atoms with Crippen molar-refractivity contribution in [3.05, 3.63) is 0 Å². The van der Waals surface area contributed by atoms with Crippen molar-refractivity contribution in [1.82, 2.24) is 4.90 Å². The van der Waals surface area contributed by atoms with Gasteiger partial charge >= 0.3 is 0 Å². The van der Waals surface area contributed by atoms with Crippen LogP contribution in [0.4, 0.5) is 0 Å². The fourth-order valence-electron chi connectivity index (χ4n) is 2.01. The maximum Gasteiger partial charge on any atom is 0.219 e. The summed E-state index contributed by atoms with van der Waals surface area (Å²) < 4.78 is 0. The lowest BCUT2D eigenvalue weighted by molar-refractivity contribution is -0.130. The molecule has 2 heteroatoms. The molecule has 1 aliphatic carbocycles. The van der Waals surface area contributed by atoms with Crippen LogP contribution in [0.3, 0.4) is 0 Å². The third kappa shape index (κ3) is 2.23. The molecule has 1 aliphatic rings. The van der Waals surface area contributed by atoms with Gasteiger partial charge in [-0.3, -0.25) is 4.79 Å². The Morgan fingerprint density at radius 3 is 2.58 bits per heavy atom. The molecule has 0 radical (unpaired) electrons. The Bertz CT molecular complexity index is 167. The molecule has 0 saturated heterocycles. The van der Waals surface area contributed by atoms with Crippen molar-refractivity contribution in [2.24, 2.45) is 5.92 Å². The Kier molecular flexibility index (Phi) is 3.12. The van der Waals surface area contributed by atoms with Crippen LogP contribution in [0.5, 0.6) is 0 Å². The Labute approximate surface area is 74.9 Å². The van der Waals surface area contributed by atoms with Crippen molar-refractivity contribution in [3.8, 4) is 0 Å². The molecule has 1 saturated carbocycles. The second kappa shape index (κ2) is 3.92. The molecule has 0 spiro atoms. The maximum atomic E-state index is 11.1. The summed E-state index contributed by atoms with van der Waals surface area (Å²) in [4.78, 5) is 13.0. The number of carbonyl (C=O) groups is 1. The molecule has 0 bridgehead atoms. The highest BCUT2D eigenvalue weighted by molar-refractivity contribution is 5.73. The van der Waals surface area contributed by atoms with E-state index in [9.17, 15) is 4.79 Å². The van der Waals surface area contributed by atoms with E-state index in [4.69, 9.17) is 0 Å². The number of carbonyl (C=O) groups excluding carboxylic acids is 1. The van der Waals surface area contributed by atoms with Gasteiger partial charge in [-0.05, 0) is 18.8 Å². The van der Waals surface area contributed by atoms with E-state index in [1.54, 1.807) is 6.92 Å². The molecule has 1 fully saturated rings. The van der Waals surface area contributed by atoms with Crippen LogP contribution >= 0.6 is 0 Å². The molecule has 2 nitrogen and oxygen atoms in total. The van der Waals surface area contributed by atoms with E-state index in [-0.39, 0.29) is 5.91 Å². The summed E-state index contributed by atoms with van der Waals surface area (Å²) >= 11 is 0. The molecule has 0 aromatic rings. The number of amides is 1. The molecule has 2 atom stereocenters. The summed E-state index contributed by atoms with van der Waals surface area (Å²) in [6.45, 7) is 3.93. The van der Waals surface area contributed by atoms with Crippen molar-refractivity contribution in [3.63, 3.8) is 0 Å². The first-order valence-corrected chi connectivity index (χ1v) is 4.84. The van der Waals surface area contributed by atoms with Crippen LogP contribution < -0.4 is 0 Å². The van der Waals surface area contributed by atoms with Gasteiger partial charge in [0.2, 0.25) is 5.91 Å². The van der Waals surface area contributed by atoms with Gasteiger partial charge in [-0.2, -0.15) is 0 Å². The summed E-state index contributed by atoms with van der Waals surface area (Å²) in [6.07, 6.45) is 5.00. The summed E-state index contributed by atoms with van der Waals surface area (Å²) in [7, 11) is 1.92. The lowest BCUT2D eigenvalue weighted by atomic mass is 9.86. The predicted molar refractivity (Wildman–Crippen MR) is 49.9 cm³/mol. The minimum atomic E-state index is 0.203. The monoisotopic (exact) mass is 169 g/mol. The predicted octanol–water partition coefficient (Wildman–Crippen LogP) is 2.04. The van der Waals surface area contributed by atoms with Gasteiger partial charge in [0.05, 0.1) is 0 Å². The maximum absolute atomic E-state index is 11.1. The third-order valence-corrected chi connectivity index (χ3v) is 2.95. The summed E-state index contributed by atoms with van der Waals surface area (Å²) in [5, 5.41) is 0. The fourth-order valence-corrected chi connectivity index (χ4v) is 2.01. The molecule has 1 amide bonds. The first-order valence-electron chi connectivity index (χ1n) is 4.84. The molecule has 0 aliphatic heterocycles. The molecule has 1 rings (SSSR count). The van der Waals surface area contributed by atoms with Gasteiger partial charge in [0.1, 0.15) is 0 Å². The lowest BCUT2D eigenvalue weighted by Crippen LogP contribution is -2.38. The number of nitrogens with zero attached hydrogens (tertiary/aromatic N) is 1. The summed E-state index contributed by atoms with van der Waals surface area (Å²) in [5.74, 6) is 1.000. The second-order valence-corrected chi connectivity index (χ2v) is 4.06. The smallest absolute Gasteiger partial charge is 0.219 e. The average molecular weight is 169 g/mol. The van der Waals surface area contributed by atoms with Gasteiger partial charge < -0.3 is 4.90 Å². The van der Waals surface area contributed by atoms with Gasteiger partial charge in [-0.1, -0.05) is 19.8 Å². The van der Waals surface area contributed by atoms with Crippen molar-refractivity contribution in [2.45, 2.75) is 45.6 Å². The van der Waals surface area contributed by atoms with Crippen LogP contribution in [0.2, 0.25) is 0 Å². The first kappa shape index (κ1) is 9.56. The highest BCUT2D eigenvalue weighted by Gasteiger charge is 2.23. The summed E-state index contributed by atoms with van der Waals surface area (Å²) in [6, 6.07) is 0.506. The Morgan fingerprint density at radius 2 is 2.08 bits per heavy atom. The van der Waals surface area contributed by atoms with Crippen molar-refractivity contribution in [2.75, 3.05) is 7.05 Å². The van der Waals surface area contributed by atoms with E-state index in [1.807, 2.05) is 11.9 Å². The fraction of sp³-hybridized carbons (Fsp3) is 0.900. The Morgan fingerprint density at radius 1 is 1.42 bits per heavy atom. The van der Waals surface area contributed by atoms with E-state index >= 15 is 0 Å². The Hall–Kier alpha value is -0.530. The molecule has 1 unspecified atom stereocenters. The molecular formula is C10H19NO. The minimum Gasteiger partial charge on any atom is -0.343 e.